The van der Waals surface area contributed by atoms with Gasteiger partial charge >= 0.3 is 0 Å². The fourth-order valence-electron chi connectivity index (χ4n) is 3.17. The Kier molecular flexibility index (Phi) is 7.56. The maximum Gasteiger partial charge on any atom is 0.237 e. The van der Waals surface area contributed by atoms with Gasteiger partial charge in [-0.25, -0.2) is 0 Å². The van der Waals surface area contributed by atoms with E-state index in [2.05, 4.69) is 28.4 Å². The van der Waals surface area contributed by atoms with Gasteiger partial charge < -0.3 is 11.1 Å². The van der Waals surface area contributed by atoms with Crippen LogP contribution in [0.3, 0.4) is 0 Å². The number of nitrogens with one attached hydrogen (secondary N) is 1. The van der Waals surface area contributed by atoms with Gasteiger partial charge in [-0.2, -0.15) is 0 Å². The molecule has 0 radical (unpaired) electrons. The first kappa shape index (κ1) is 18.0. The Morgan fingerprint density at radius 1 is 1.17 bits per heavy atom. The first-order valence-corrected chi connectivity index (χ1v) is 9.03. The van der Waals surface area contributed by atoms with Gasteiger partial charge in [-0.05, 0) is 43.5 Å². The van der Waals surface area contributed by atoms with Gasteiger partial charge in [0.1, 0.15) is 0 Å². The van der Waals surface area contributed by atoms with E-state index in [0.717, 1.165) is 19.4 Å². The van der Waals surface area contributed by atoms with Crippen LogP contribution >= 0.6 is 0 Å². The minimum atomic E-state index is -0.391. The molecule has 1 saturated heterocycles. The predicted molar refractivity (Wildman–Crippen MR) is 94.9 cm³/mol. The molecule has 1 aromatic carbocycles. The van der Waals surface area contributed by atoms with E-state index in [-0.39, 0.29) is 5.91 Å². The molecule has 3 N–H and O–H groups in total. The lowest BCUT2D eigenvalue weighted by molar-refractivity contribution is -0.122. The van der Waals surface area contributed by atoms with Gasteiger partial charge in [0.05, 0.1) is 6.04 Å². The van der Waals surface area contributed by atoms with Gasteiger partial charge in [0.2, 0.25) is 5.91 Å². The van der Waals surface area contributed by atoms with Gasteiger partial charge in [0.25, 0.3) is 0 Å². The molecule has 1 atom stereocenters. The van der Waals surface area contributed by atoms with E-state index in [9.17, 15) is 4.79 Å². The van der Waals surface area contributed by atoms with Crippen LogP contribution in [-0.4, -0.2) is 29.9 Å². The molecule has 1 fully saturated rings. The second-order valence-corrected chi connectivity index (χ2v) is 6.57. The molecular weight excluding hydrogens is 286 g/mol. The van der Waals surface area contributed by atoms with Gasteiger partial charge in [-0.3, -0.25) is 9.69 Å². The monoisotopic (exact) mass is 317 g/mol. The van der Waals surface area contributed by atoms with E-state index in [4.69, 9.17) is 5.73 Å². The van der Waals surface area contributed by atoms with E-state index in [1.165, 1.54) is 49.9 Å². The number of carbonyl (C=O) groups excluding carboxylic acids is 1. The van der Waals surface area contributed by atoms with Gasteiger partial charge in [0.15, 0.2) is 0 Å². The Bertz CT molecular complexity index is 481. The zero-order valence-electron chi connectivity index (χ0n) is 14.4. The van der Waals surface area contributed by atoms with Crippen LogP contribution in [0.5, 0.6) is 0 Å². The maximum absolute atomic E-state index is 12.0. The second kappa shape index (κ2) is 9.68. The number of amides is 1. The first-order chi connectivity index (χ1) is 11.2. The second-order valence-electron chi connectivity index (χ2n) is 6.57. The molecule has 1 heterocycles. The van der Waals surface area contributed by atoms with Crippen molar-refractivity contribution in [2.45, 2.75) is 64.6 Å². The molecule has 0 spiro atoms. The van der Waals surface area contributed by atoms with Crippen LogP contribution in [-0.2, 0) is 17.9 Å². The van der Waals surface area contributed by atoms with Crippen LogP contribution in [0.2, 0.25) is 0 Å². The molecule has 0 saturated carbocycles. The fourth-order valence-corrected chi connectivity index (χ4v) is 3.17. The summed E-state index contributed by atoms with van der Waals surface area (Å²) in [5.41, 5.74) is 8.40. The number of benzene rings is 1. The molecule has 0 aliphatic carbocycles. The van der Waals surface area contributed by atoms with Crippen molar-refractivity contribution in [2.24, 2.45) is 5.73 Å². The van der Waals surface area contributed by atoms with Crippen LogP contribution in [0.15, 0.2) is 24.3 Å². The third-order valence-corrected chi connectivity index (χ3v) is 4.60. The predicted octanol–water partition coefficient (Wildman–Crippen LogP) is 2.81. The molecule has 0 aromatic heterocycles. The Morgan fingerprint density at radius 2 is 1.83 bits per heavy atom. The molecule has 1 aromatic rings. The third kappa shape index (κ3) is 5.96. The fraction of sp³-hybridized carbons (Fsp3) is 0.632. The molecule has 128 valence electrons. The summed E-state index contributed by atoms with van der Waals surface area (Å²) in [6.07, 6.45) is 6.96. The Morgan fingerprint density at radius 3 is 2.48 bits per heavy atom. The van der Waals surface area contributed by atoms with Crippen molar-refractivity contribution in [1.29, 1.82) is 0 Å². The topological polar surface area (TPSA) is 58.4 Å². The summed E-state index contributed by atoms with van der Waals surface area (Å²) >= 11 is 0. The number of hydrogen-bond acceptors (Lipinski definition) is 3. The molecule has 1 amide bonds. The molecule has 1 aliphatic heterocycles. The molecular formula is C19H31N3O. The number of carbonyl (C=O) groups is 1. The molecule has 23 heavy (non-hydrogen) atoms. The average molecular weight is 317 g/mol. The third-order valence-electron chi connectivity index (χ3n) is 4.60. The minimum Gasteiger partial charge on any atom is -0.351 e. The van der Waals surface area contributed by atoms with Gasteiger partial charge in [0, 0.05) is 13.1 Å². The largest absolute Gasteiger partial charge is 0.351 e. The van der Waals surface area contributed by atoms with Gasteiger partial charge in [-0.1, -0.05) is 50.5 Å². The molecule has 2 rings (SSSR count). The van der Waals surface area contributed by atoms with Crippen molar-refractivity contribution in [2.75, 3.05) is 13.1 Å². The van der Waals surface area contributed by atoms with Gasteiger partial charge in [-0.15, -0.1) is 0 Å². The smallest absolute Gasteiger partial charge is 0.237 e. The number of nitrogens with two attached hydrogens (primary N) is 1. The number of rotatable bonds is 7. The van der Waals surface area contributed by atoms with Crippen LogP contribution in [0.1, 0.15) is 56.6 Å². The van der Waals surface area contributed by atoms with Crippen molar-refractivity contribution in [1.82, 2.24) is 10.2 Å². The number of hydrogen-bond donors (Lipinski definition) is 2. The number of likely N-dealkylation sites (tertiary alicyclic amines) is 1. The van der Waals surface area contributed by atoms with E-state index < -0.39 is 6.04 Å². The van der Waals surface area contributed by atoms with E-state index in [1.54, 1.807) is 0 Å². The number of nitrogens with zero attached hydrogens (tertiary/aromatic N) is 1. The molecule has 1 aliphatic rings. The van der Waals surface area contributed by atoms with E-state index in [1.807, 2.05) is 13.0 Å². The molecule has 1 unspecified atom stereocenters. The highest BCUT2D eigenvalue weighted by molar-refractivity contribution is 5.81. The highest BCUT2D eigenvalue weighted by Gasteiger charge is 2.14. The normalized spacial score (nSPS) is 17.5. The molecule has 4 heteroatoms. The standard InChI is InChI=1S/C19H31N3O/c1-2-9-18(20)19(23)21-14-16-10-5-6-11-17(16)15-22-12-7-3-4-8-13-22/h5-6,10-11,18H,2-4,7-9,12-15,20H2,1H3,(H,21,23). The summed E-state index contributed by atoms with van der Waals surface area (Å²) in [6.45, 7) is 5.96. The zero-order chi connectivity index (χ0) is 16.5. The Hall–Kier alpha value is -1.39. The Balaban J connectivity index is 1.92. The van der Waals surface area contributed by atoms with Crippen molar-refractivity contribution >= 4 is 5.91 Å². The average Bonchev–Trinajstić information content (AvgIpc) is 2.82. The lowest BCUT2D eigenvalue weighted by Gasteiger charge is -2.22. The zero-order valence-corrected chi connectivity index (χ0v) is 14.4. The van der Waals surface area contributed by atoms with E-state index >= 15 is 0 Å². The van der Waals surface area contributed by atoms with Crippen LogP contribution in [0.4, 0.5) is 0 Å². The van der Waals surface area contributed by atoms with Crippen LogP contribution in [0, 0.1) is 0 Å². The van der Waals surface area contributed by atoms with Crippen LogP contribution in [0.25, 0.3) is 0 Å². The lowest BCUT2D eigenvalue weighted by atomic mass is 10.1. The van der Waals surface area contributed by atoms with Crippen LogP contribution < -0.4 is 11.1 Å². The Labute approximate surface area is 140 Å². The van der Waals surface area contributed by atoms with Crippen molar-refractivity contribution < 1.29 is 4.79 Å². The molecule has 4 nitrogen and oxygen atoms in total. The van der Waals surface area contributed by atoms with Crippen molar-refractivity contribution in [3.63, 3.8) is 0 Å². The van der Waals surface area contributed by atoms with E-state index in [0.29, 0.717) is 6.54 Å². The first-order valence-electron chi connectivity index (χ1n) is 9.03. The maximum atomic E-state index is 12.0. The summed E-state index contributed by atoms with van der Waals surface area (Å²) in [7, 11) is 0. The summed E-state index contributed by atoms with van der Waals surface area (Å²) in [5.74, 6) is -0.0450. The summed E-state index contributed by atoms with van der Waals surface area (Å²) in [6, 6.07) is 8.02. The highest BCUT2D eigenvalue weighted by Crippen LogP contribution is 2.16. The lowest BCUT2D eigenvalue weighted by Crippen LogP contribution is -2.40. The summed E-state index contributed by atoms with van der Waals surface area (Å²) in [5, 5.41) is 2.99. The molecule has 0 bridgehead atoms. The summed E-state index contributed by atoms with van der Waals surface area (Å²) < 4.78 is 0. The highest BCUT2D eigenvalue weighted by atomic mass is 16.2. The summed E-state index contributed by atoms with van der Waals surface area (Å²) in [4.78, 5) is 14.5. The van der Waals surface area contributed by atoms with Crippen molar-refractivity contribution in [3.05, 3.63) is 35.4 Å². The van der Waals surface area contributed by atoms with Crippen molar-refractivity contribution in [3.8, 4) is 0 Å². The minimum absolute atomic E-state index is 0.0450. The quantitative estimate of drug-likeness (QED) is 0.813. The SMILES string of the molecule is CCCC(N)C(=O)NCc1ccccc1CN1CCCCCC1.